The van der Waals surface area contributed by atoms with E-state index < -0.39 is 0 Å². The standard InChI is InChI=1S/C10H20O/c1-4-5-6-7-8-10(11)9(2)3/h7-11H,4-6H2,1-3H3. The maximum Gasteiger partial charge on any atom is 0.0743 e. The SMILES string of the molecule is CCCCC=CC(O)C(C)C. The summed E-state index contributed by atoms with van der Waals surface area (Å²) in [5.41, 5.74) is 0. The fraction of sp³-hybridized carbons (Fsp3) is 0.800. The Morgan fingerprint density at radius 2 is 2.00 bits per heavy atom. The minimum atomic E-state index is -0.258. The van der Waals surface area contributed by atoms with Gasteiger partial charge in [-0.2, -0.15) is 0 Å². The van der Waals surface area contributed by atoms with E-state index in [2.05, 4.69) is 13.0 Å². The van der Waals surface area contributed by atoms with E-state index >= 15 is 0 Å². The van der Waals surface area contributed by atoms with Gasteiger partial charge < -0.3 is 5.11 Å². The highest BCUT2D eigenvalue weighted by Gasteiger charge is 2.02. The summed E-state index contributed by atoms with van der Waals surface area (Å²) in [5.74, 6) is 0.341. The highest BCUT2D eigenvalue weighted by atomic mass is 16.3. The Balaban J connectivity index is 3.40. The Hall–Kier alpha value is -0.300. The van der Waals surface area contributed by atoms with Gasteiger partial charge in [-0.3, -0.25) is 0 Å². The summed E-state index contributed by atoms with van der Waals surface area (Å²) in [4.78, 5) is 0. The van der Waals surface area contributed by atoms with Crippen LogP contribution in [0.5, 0.6) is 0 Å². The second kappa shape index (κ2) is 6.41. The van der Waals surface area contributed by atoms with Crippen LogP contribution >= 0.6 is 0 Å². The Bertz CT molecular complexity index is 105. The molecule has 0 aromatic heterocycles. The van der Waals surface area contributed by atoms with Gasteiger partial charge in [0.25, 0.3) is 0 Å². The molecule has 1 N–H and O–H groups in total. The minimum absolute atomic E-state index is 0.258. The van der Waals surface area contributed by atoms with E-state index in [1.165, 1.54) is 12.8 Å². The van der Waals surface area contributed by atoms with Crippen LogP contribution in [0.2, 0.25) is 0 Å². The molecule has 0 saturated heterocycles. The fourth-order valence-electron chi connectivity index (χ4n) is 0.780. The number of unbranched alkanes of at least 4 members (excludes halogenated alkanes) is 2. The van der Waals surface area contributed by atoms with Gasteiger partial charge in [0.2, 0.25) is 0 Å². The third-order valence-corrected chi connectivity index (χ3v) is 1.74. The second-order valence-electron chi connectivity index (χ2n) is 3.30. The van der Waals surface area contributed by atoms with Crippen LogP contribution in [0.25, 0.3) is 0 Å². The quantitative estimate of drug-likeness (QED) is 0.479. The molecule has 11 heavy (non-hydrogen) atoms. The third kappa shape index (κ3) is 6.11. The van der Waals surface area contributed by atoms with E-state index in [0.717, 1.165) is 6.42 Å². The van der Waals surface area contributed by atoms with Gasteiger partial charge in [0.15, 0.2) is 0 Å². The first-order chi connectivity index (χ1) is 5.18. The zero-order chi connectivity index (χ0) is 8.69. The molecule has 0 spiro atoms. The van der Waals surface area contributed by atoms with Crippen molar-refractivity contribution in [2.45, 2.75) is 46.1 Å². The molecule has 1 atom stereocenters. The van der Waals surface area contributed by atoms with Gasteiger partial charge in [0.05, 0.1) is 6.10 Å². The van der Waals surface area contributed by atoms with Crippen LogP contribution < -0.4 is 0 Å². The van der Waals surface area contributed by atoms with Crippen LogP contribution in [0.4, 0.5) is 0 Å². The van der Waals surface area contributed by atoms with Crippen molar-refractivity contribution in [3.05, 3.63) is 12.2 Å². The number of allylic oxidation sites excluding steroid dienone is 1. The Labute approximate surface area is 70.1 Å². The van der Waals surface area contributed by atoms with Crippen LogP contribution in [-0.2, 0) is 0 Å². The number of aliphatic hydroxyl groups excluding tert-OH is 1. The molecule has 0 heterocycles. The van der Waals surface area contributed by atoms with Gasteiger partial charge in [-0.15, -0.1) is 0 Å². The molecule has 0 bridgehead atoms. The lowest BCUT2D eigenvalue weighted by Crippen LogP contribution is -2.10. The predicted octanol–water partition coefficient (Wildman–Crippen LogP) is 2.75. The average Bonchev–Trinajstić information content (AvgIpc) is 1.97. The minimum Gasteiger partial charge on any atom is -0.389 e. The summed E-state index contributed by atoms with van der Waals surface area (Å²) in [6.07, 6.45) is 7.27. The first-order valence-electron chi connectivity index (χ1n) is 4.53. The molecule has 0 saturated carbocycles. The van der Waals surface area contributed by atoms with Crippen molar-refractivity contribution in [2.75, 3.05) is 0 Å². The third-order valence-electron chi connectivity index (χ3n) is 1.74. The van der Waals surface area contributed by atoms with Crippen molar-refractivity contribution in [3.63, 3.8) is 0 Å². The van der Waals surface area contributed by atoms with Gasteiger partial charge in [0, 0.05) is 0 Å². The van der Waals surface area contributed by atoms with Crippen molar-refractivity contribution in [1.82, 2.24) is 0 Å². The monoisotopic (exact) mass is 156 g/mol. The van der Waals surface area contributed by atoms with Crippen LogP contribution in [0.1, 0.15) is 40.0 Å². The molecule has 1 nitrogen and oxygen atoms in total. The second-order valence-corrected chi connectivity index (χ2v) is 3.30. The molecule has 66 valence electrons. The van der Waals surface area contributed by atoms with E-state index in [4.69, 9.17) is 0 Å². The summed E-state index contributed by atoms with van der Waals surface area (Å²) in [7, 11) is 0. The van der Waals surface area contributed by atoms with Crippen molar-refractivity contribution >= 4 is 0 Å². The lowest BCUT2D eigenvalue weighted by molar-refractivity contribution is 0.172. The maximum absolute atomic E-state index is 9.34. The summed E-state index contributed by atoms with van der Waals surface area (Å²) in [6.45, 7) is 6.22. The van der Waals surface area contributed by atoms with Crippen LogP contribution in [0, 0.1) is 5.92 Å². The van der Waals surface area contributed by atoms with Crippen molar-refractivity contribution in [1.29, 1.82) is 0 Å². The van der Waals surface area contributed by atoms with E-state index in [0.29, 0.717) is 5.92 Å². The molecule has 0 fully saturated rings. The Kier molecular flexibility index (Phi) is 6.24. The van der Waals surface area contributed by atoms with E-state index in [-0.39, 0.29) is 6.10 Å². The molecule has 0 radical (unpaired) electrons. The smallest absolute Gasteiger partial charge is 0.0743 e. The molecule has 0 aromatic carbocycles. The molecular formula is C10H20O. The highest BCUT2D eigenvalue weighted by Crippen LogP contribution is 2.03. The van der Waals surface area contributed by atoms with Gasteiger partial charge in [-0.05, 0) is 12.3 Å². The summed E-state index contributed by atoms with van der Waals surface area (Å²) >= 11 is 0. The van der Waals surface area contributed by atoms with Crippen molar-refractivity contribution < 1.29 is 5.11 Å². The first-order valence-corrected chi connectivity index (χ1v) is 4.53. The van der Waals surface area contributed by atoms with Crippen molar-refractivity contribution in [2.24, 2.45) is 5.92 Å². The Morgan fingerprint density at radius 1 is 1.36 bits per heavy atom. The normalized spacial score (nSPS) is 14.6. The van der Waals surface area contributed by atoms with E-state index in [1.54, 1.807) is 0 Å². The molecule has 1 unspecified atom stereocenters. The summed E-state index contributed by atoms with van der Waals surface area (Å²) in [5, 5.41) is 9.34. The first kappa shape index (κ1) is 10.7. The molecule has 0 aromatic rings. The number of rotatable bonds is 5. The molecular weight excluding hydrogens is 136 g/mol. The van der Waals surface area contributed by atoms with Crippen LogP contribution in [0.3, 0.4) is 0 Å². The largest absolute Gasteiger partial charge is 0.389 e. The fourth-order valence-corrected chi connectivity index (χ4v) is 0.780. The predicted molar refractivity (Wildman–Crippen MR) is 49.5 cm³/mol. The highest BCUT2D eigenvalue weighted by molar-refractivity contribution is 4.89. The molecule has 0 aliphatic carbocycles. The number of aliphatic hydroxyl groups is 1. The zero-order valence-corrected chi connectivity index (χ0v) is 7.88. The lowest BCUT2D eigenvalue weighted by Gasteiger charge is -2.08. The van der Waals surface area contributed by atoms with Gasteiger partial charge in [-0.1, -0.05) is 45.8 Å². The van der Waals surface area contributed by atoms with E-state index in [1.807, 2.05) is 19.9 Å². The summed E-state index contributed by atoms with van der Waals surface area (Å²) in [6, 6.07) is 0. The molecule has 0 aliphatic heterocycles. The van der Waals surface area contributed by atoms with Crippen LogP contribution in [-0.4, -0.2) is 11.2 Å². The number of hydrogen-bond donors (Lipinski definition) is 1. The zero-order valence-electron chi connectivity index (χ0n) is 7.88. The molecule has 1 heteroatoms. The van der Waals surface area contributed by atoms with Gasteiger partial charge in [0.1, 0.15) is 0 Å². The maximum atomic E-state index is 9.34. The van der Waals surface area contributed by atoms with Crippen molar-refractivity contribution in [3.8, 4) is 0 Å². The Morgan fingerprint density at radius 3 is 2.45 bits per heavy atom. The lowest BCUT2D eigenvalue weighted by atomic mass is 10.1. The molecule has 0 amide bonds. The van der Waals surface area contributed by atoms with Gasteiger partial charge >= 0.3 is 0 Å². The van der Waals surface area contributed by atoms with E-state index in [9.17, 15) is 5.11 Å². The van der Waals surface area contributed by atoms with Crippen LogP contribution in [0.15, 0.2) is 12.2 Å². The summed E-state index contributed by atoms with van der Waals surface area (Å²) < 4.78 is 0. The van der Waals surface area contributed by atoms with Gasteiger partial charge in [-0.25, -0.2) is 0 Å². The number of hydrogen-bond acceptors (Lipinski definition) is 1. The average molecular weight is 156 g/mol. The molecule has 0 rings (SSSR count). The topological polar surface area (TPSA) is 20.2 Å². The molecule has 0 aliphatic rings.